The van der Waals surface area contributed by atoms with Crippen molar-refractivity contribution in [1.82, 2.24) is 0 Å². The quantitative estimate of drug-likeness (QED) is 0.342. The zero-order chi connectivity index (χ0) is 16.3. The summed E-state index contributed by atoms with van der Waals surface area (Å²) in [6.07, 6.45) is 3.83. The molecule has 0 unspecified atom stereocenters. The monoisotopic (exact) mass is 314 g/mol. The molecule has 0 aromatic heterocycles. The molecule has 0 spiro atoms. The van der Waals surface area contributed by atoms with E-state index in [0.29, 0.717) is 6.42 Å². The highest BCUT2D eigenvalue weighted by molar-refractivity contribution is 6.59. The number of carbonyl (C=O) groups excluding carboxylic acids is 3. The highest BCUT2D eigenvalue weighted by atomic mass is 28.4. The zero-order valence-electron chi connectivity index (χ0n) is 11.8. The summed E-state index contributed by atoms with van der Waals surface area (Å²) >= 11 is 0. The Labute approximate surface area is 124 Å². The molecule has 0 heterocycles. The number of carbonyl (C=O) groups is 3. The maximum absolute atomic E-state index is 11.4. The van der Waals surface area contributed by atoms with E-state index in [-0.39, 0.29) is 6.61 Å². The van der Waals surface area contributed by atoms with Crippen LogP contribution < -0.4 is 0 Å². The van der Waals surface area contributed by atoms with E-state index in [1.54, 1.807) is 0 Å². The Hall–Kier alpha value is -2.19. The maximum atomic E-state index is 11.4. The van der Waals surface area contributed by atoms with Crippen molar-refractivity contribution in [2.45, 2.75) is 19.8 Å². The molecule has 0 aliphatic heterocycles. The molecule has 0 fully saturated rings. The van der Waals surface area contributed by atoms with Crippen molar-refractivity contribution in [2.75, 3.05) is 6.61 Å². The molecule has 0 aliphatic rings. The molecule has 116 valence electrons. The van der Waals surface area contributed by atoms with Crippen LogP contribution >= 0.6 is 0 Å². The van der Waals surface area contributed by atoms with Crippen LogP contribution in [-0.4, -0.2) is 33.6 Å². The molecule has 0 aromatic rings. The van der Waals surface area contributed by atoms with E-state index in [1.165, 1.54) is 0 Å². The molecule has 0 saturated carbocycles. The van der Waals surface area contributed by atoms with Crippen LogP contribution in [-0.2, 0) is 32.1 Å². The minimum Gasteiger partial charge on any atom is -0.429 e. The first-order chi connectivity index (χ1) is 9.92. The van der Waals surface area contributed by atoms with Gasteiger partial charge in [-0.05, 0) is 6.42 Å². The van der Waals surface area contributed by atoms with Crippen molar-refractivity contribution >= 4 is 27.0 Å². The molecule has 0 aromatic carbocycles. The Morgan fingerprint density at radius 1 is 0.905 bits per heavy atom. The normalized spacial score (nSPS) is 10.1. The van der Waals surface area contributed by atoms with Crippen LogP contribution in [0.1, 0.15) is 19.8 Å². The number of rotatable bonds is 10. The molecule has 7 nitrogen and oxygen atoms in total. The predicted molar refractivity (Wildman–Crippen MR) is 75.5 cm³/mol. The third kappa shape index (κ3) is 7.23. The van der Waals surface area contributed by atoms with Crippen molar-refractivity contribution in [2.24, 2.45) is 0 Å². The van der Waals surface area contributed by atoms with Gasteiger partial charge in [-0.25, -0.2) is 14.4 Å². The average Bonchev–Trinajstić information content (AvgIpc) is 2.46. The second-order valence-electron chi connectivity index (χ2n) is 3.58. The Balaban J connectivity index is 5.31. The Morgan fingerprint density at radius 2 is 1.29 bits per heavy atom. The van der Waals surface area contributed by atoms with Gasteiger partial charge in [-0.15, -0.1) is 0 Å². The van der Waals surface area contributed by atoms with Crippen LogP contribution in [0.2, 0.25) is 0 Å². The van der Waals surface area contributed by atoms with Crippen LogP contribution in [0.5, 0.6) is 0 Å². The van der Waals surface area contributed by atoms with E-state index < -0.39 is 27.0 Å². The second-order valence-corrected chi connectivity index (χ2v) is 5.48. The molecule has 0 aliphatic carbocycles. The van der Waals surface area contributed by atoms with Gasteiger partial charge in [0.15, 0.2) is 0 Å². The van der Waals surface area contributed by atoms with Crippen LogP contribution in [0, 0.1) is 0 Å². The number of hydrogen-bond donors (Lipinski definition) is 0. The molecular weight excluding hydrogens is 296 g/mol. The summed E-state index contributed by atoms with van der Waals surface area (Å²) in [5, 5.41) is 0. The number of unbranched alkanes of at least 4 members (excludes halogenated alkanes) is 1. The van der Waals surface area contributed by atoms with Crippen molar-refractivity contribution in [3.8, 4) is 0 Å². The first kappa shape index (κ1) is 18.8. The summed E-state index contributed by atoms with van der Waals surface area (Å²) in [4.78, 5) is 34.1. The van der Waals surface area contributed by atoms with Gasteiger partial charge in [0.05, 0.1) is 0 Å². The number of hydrogen-bond acceptors (Lipinski definition) is 7. The van der Waals surface area contributed by atoms with Crippen molar-refractivity contribution in [3.63, 3.8) is 0 Å². The Kier molecular flexibility index (Phi) is 8.66. The largest absolute Gasteiger partial charge is 0.899 e. The third-order valence-electron chi connectivity index (χ3n) is 1.95. The second kappa shape index (κ2) is 9.67. The lowest BCUT2D eigenvalue weighted by Gasteiger charge is -2.24. The molecule has 8 heteroatoms. The molecule has 0 atom stereocenters. The van der Waals surface area contributed by atoms with Crippen LogP contribution in [0.15, 0.2) is 38.0 Å². The van der Waals surface area contributed by atoms with Crippen LogP contribution in [0.3, 0.4) is 0 Å². The van der Waals surface area contributed by atoms with E-state index in [2.05, 4.69) is 19.7 Å². The standard InChI is InChI=1S/C13H18O7Si/c1-5-9-10-17-21(18-11(14)6-2,19-12(15)7-3)20-13(16)8-4/h6-8H,2-5,9-10H2,1H3. The molecule has 0 amide bonds. The summed E-state index contributed by atoms with van der Waals surface area (Å²) in [5.74, 6) is -2.86. The zero-order valence-corrected chi connectivity index (χ0v) is 12.8. The van der Waals surface area contributed by atoms with Gasteiger partial charge in [0.2, 0.25) is 0 Å². The van der Waals surface area contributed by atoms with Gasteiger partial charge in [-0.1, -0.05) is 33.1 Å². The van der Waals surface area contributed by atoms with Gasteiger partial charge in [-0.3, -0.25) is 0 Å². The SMILES string of the molecule is C=CC(=O)O[Si](OCCCC)(OC(=O)C=C)OC(=O)C=C. The molecule has 0 radical (unpaired) electrons. The van der Waals surface area contributed by atoms with E-state index >= 15 is 0 Å². The molecule has 0 saturated heterocycles. The van der Waals surface area contributed by atoms with Gasteiger partial charge in [0.1, 0.15) is 0 Å². The van der Waals surface area contributed by atoms with Gasteiger partial charge in [0.25, 0.3) is 0 Å². The lowest BCUT2D eigenvalue weighted by Crippen LogP contribution is -2.52. The molecule has 0 rings (SSSR count). The van der Waals surface area contributed by atoms with Gasteiger partial charge in [-0.2, -0.15) is 0 Å². The topological polar surface area (TPSA) is 88.1 Å². The van der Waals surface area contributed by atoms with Gasteiger partial charge >= 0.3 is 27.0 Å². The van der Waals surface area contributed by atoms with Crippen molar-refractivity contribution in [3.05, 3.63) is 38.0 Å². The smallest absolute Gasteiger partial charge is 0.429 e. The molecular formula is C13H18O7Si. The van der Waals surface area contributed by atoms with E-state index in [0.717, 1.165) is 24.6 Å². The summed E-state index contributed by atoms with van der Waals surface area (Å²) in [5.41, 5.74) is 0. The van der Waals surface area contributed by atoms with Crippen molar-refractivity contribution < 1.29 is 32.1 Å². The first-order valence-corrected chi connectivity index (χ1v) is 7.76. The average molecular weight is 314 g/mol. The maximum Gasteiger partial charge on any atom is 0.899 e. The molecule has 21 heavy (non-hydrogen) atoms. The molecule has 0 bridgehead atoms. The van der Waals surface area contributed by atoms with E-state index in [4.69, 9.17) is 17.7 Å². The highest BCUT2D eigenvalue weighted by Crippen LogP contribution is 2.15. The summed E-state index contributed by atoms with van der Waals surface area (Å²) in [6, 6.07) is 0. The van der Waals surface area contributed by atoms with Gasteiger partial charge < -0.3 is 17.7 Å². The van der Waals surface area contributed by atoms with Crippen LogP contribution in [0.25, 0.3) is 0 Å². The highest BCUT2D eigenvalue weighted by Gasteiger charge is 2.58. The van der Waals surface area contributed by atoms with Crippen molar-refractivity contribution in [1.29, 1.82) is 0 Å². The van der Waals surface area contributed by atoms with Crippen LogP contribution in [0.4, 0.5) is 0 Å². The minimum absolute atomic E-state index is 0.0714. The fourth-order valence-corrected chi connectivity index (χ4v) is 2.67. The third-order valence-corrected chi connectivity index (χ3v) is 3.86. The molecule has 0 N–H and O–H groups in total. The lowest BCUT2D eigenvalue weighted by molar-refractivity contribution is -0.152. The summed E-state index contributed by atoms with van der Waals surface area (Å²) in [6.45, 7) is 11.6. The van der Waals surface area contributed by atoms with Gasteiger partial charge in [0, 0.05) is 24.8 Å². The minimum atomic E-state index is -4.35. The van der Waals surface area contributed by atoms with E-state index in [9.17, 15) is 14.4 Å². The van der Waals surface area contributed by atoms with E-state index in [1.807, 2.05) is 6.92 Å². The fourth-order valence-electron chi connectivity index (χ4n) is 0.987. The summed E-state index contributed by atoms with van der Waals surface area (Å²) in [7, 11) is -4.35. The lowest BCUT2D eigenvalue weighted by atomic mass is 10.4. The predicted octanol–water partition coefficient (Wildman–Crippen LogP) is 1.43. The first-order valence-electron chi connectivity index (χ1n) is 6.13. The fraction of sp³-hybridized carbons (Fsp3) is 0.308. The Morgan fingerprint density at radius 3 is 1.57 bits per heavy atom. The summed E-state index contributed by atoms with van der Waals surface area (Å²) < 4.78 is 19.8. The Bertz CT molecular complexity index is 375.